The Hall–Kier alpha value is -1.62. The van der Waals surface area contributed by atoms with Gasteiger partial charge in [-0.05, 0) is 37.4 Å². The lowest BCUT2D eigenvalue weighted by atomic mass is 10.2. The van der Waals surface area contributed by atoms with E-state index in [0.717, 1.165) is 10.2 Å². The Labute approximate surface area is 159 Å². The summed E-state index contributed by atoms with van der Waals surface area (Å²) in [6.07, 6.45) is 1.75. The molecule has 0 aliphatic carbocycles. The zero-order chi connectivity index (χ0) is 17.9. The third kappa shape index (κ3) is 3.66. The van der Waals surface area contributed by atoms with Gasteiger partial charge in [0, 0.05) is 5.56 Å². The monoisotopic (exact) mass is 414 g/mol. The molecule has 0 aliphatic heterocycles. The van der Waals surface area contributed by atoms with Gasteiger partial charge in [0.15, 0.2) is 4.67 Å². The van der Waals surface area contributed by atoms with Gasteiger partial charge in [0.25, 0.3) is 8.32 Å². The van der Waals surface area contributed by atoms with Crippen LogP contribution in [0.3, 0.4) is 0 Å². The minimum atomic E-state index is -2.48. The quantitative estimate of drug-likeness (QED) is 0.540. The van der Waals surface area contributed by atoms with E-state index in [0.29, 0.717) is 6.61 Å². The molecule has 0 atom stereocenters. The maximum absolute atomic E-state index is 6.82. The SMILES string of the molecule is CC(C)(C)[Si](OCc1coc(Br)c1)(c1ccccc1)c1ccccc1. The van der Waals surface area contributed by atoms with Crippen LogP contribution in [-0.4, -0.2) is 8.32 Å². The topological polar surface area (TPSA) is 22.4 Å². The third-order valence-electron chi connectivity index (χ3n) is 4.49. The van der Waals surface area contributed by atoms with Gasteiger partial charge < -0.3 is 8.84 Å². The fourth-order valence-corrected chi connectivity index (χ4v) is 8.30. The molecule has 2 aromatic carbocycles. The molecule has 0 amide bonds. The van der Waals surface area contributed by atoms with Crippen LogP contribution in [0.2, 0.25) is 5.04 Å². The highest BCUT2D eigenvalue weighted by atomic mass is 79.9. The Morgan fingerprint density at radius 3 is 1.84 bits per heavy atom. The lowest BCUT2D eigenvalue weighted by molar-refractivity contribution is 0.285. The molecule has 130 valence electrons. The van der Waals surface area contributed by atoms with Gasteiger partial charge in [-0.15, -0.1) is 0 Å². The first-order valence-corrected chi connectivity index (χ1v) is 11.1. The summed E-state index contributed by atoms with van der Waals surface area (Å²) in [5.41, 5.74) is 1.04. The predicted octanol–water partition coefficient (Wildman–Crippen LogP) is 5.12. The van der Waals surface area contributed by atoms with Crippen LogP contribution >= 0.6 is 15.9 Å². The van der Waals surface area contributed by atoms with E-state index < -0.39 is 8.32 Å². The standard InChI is InChI=1S/C21H23BrO2Si/c1-21(2,3)25(18-10-6-4-7-11-18,19-12-8-5-9-13-19)24-16-17-14-20(22)23-15-17/h4-15H,16H2,1-3H3. The lowest BCUT2D eigenvalue weighted by Gasteiger charge is -2.43. The van der Waals surface area contributed by atoms with Gasteiger partial charge >= 0.3 is 0 Å². The second-order valence-corrected chi connectivity index (χ2v) is 12.3. The molecule has 2 nitrogen and oxygen atoms in total. The molecule has 0 saturated heterocycles. The van der Waals surface area contributed by atoms with Crippen LogP contribution in [0.5, 0.6) is 0 Å². The van der Waals surface area contributed by atoms with Gasteiger partial charge in [0.1, 0.15) is 0 Å². The summed E-state index contributed by atoms with van der Waals surface area (Å²) in [6.45, 7) is 7.38. The van der Waals surface area contributed by atoms with Crippen molar-refractivity contribution >= 4 is 34.6 Å². The van der Waals surface area contributed by atoms with Gasteiger partial charge in [-0.25, -0.2) is 0 Å². The van der Waals surface area contributed by atoms with Crippen molar-refractivity contribution in [2.75, 3.05) is 0 Å². The summed E-state index contributed by atoms with van der Waals surface area (Å²) >= 11 is 3.37. The summed E-state index contributed by atoms with van der Waals surface area (Å²) in [4.78, 5) is 0. The van der Waals surface area contributed by atoms with Gasteiger partial charge in [-0.2, -0.15) is 0 Å². The maximum Gasteiger partial charge on any atom is 0.261 e. The van der Waals surface area contributed by atoms with Crippen LogP contribution in [0.1, 0.15) is 26.3 Å². The fourth-order valence-electron chi connectivity index (χ4n) is 3.37. The largest absolute Gasteiger partial charge is 0.457 e. The highest BCUT2D eigenvalue weighted by Gasteiger charge is 2.50. The Balaban J connectivity index is 2.11. The van der Waals surface area contributed by atoms with Crippen molar-refractivity contribution < 1.29 is 8.84 Å². The molecule has 0 fully saturated rings. The van der Waals surface area contributed by atoms with Crippen LogP contribution in [0.15, 0.2) is 82.1 Å². The van der Waals surface area contributed by atoms with Crippen LogP contribution in [0.25, 0.3) is 0 Å². The number of furan rings is 1. The molecule has 1 heterocycles. The van der Waals surface area contributed by atoms with Gasteiger partial charge in [0.05, 0.1) is 12.9 Å². The van der Waals surface area contributed by atoms with E-state index in [1.165, 1.54) is 10.4 Å². The first-order valence-electron chi connectivity index (χ1n) is 8.41. The van der Waals surface area contributed by atoms with Crippen LogP contribution in [-0.2, 0) is 11.0 Å². The van der Waals surface area contributed by atoms with Gasteiger partial charge in [-0.1, -0.05) is 81.4 Å². The lowest BCUT2D eigenvalue weighted by Crippen LogP contribution is -2.66. The van der Waals surface area contributed by atoms with E-state index in [1.54, 1.807) is 6.26 Å². The molecule has 0 aliphatic rings. The normalized spacial score (nSPS) is 12.3. The molecule has 3 aromatic rings. The zero-order valence-electron chi connectivity index (χ0n) is 14.8. The Morgan fingerprint density at radius 2 is 1.44 bits per heavy atom. The average Bonchev–Trinajstić information content (AvgIpc) is 3.02. The first-order chi connectivity index (χ1) is 11.9. The third-order valence-corrected chi connectivity index (χ3v) is 9.89. The van der Waals surface area contributed by atoms with E-state index in [9.17, 15) is 0 Å². The molecule has 0 unspecified atom stereocenters. The molecule has 1 aromatic heterocycles. The zero-order valence-corrected chi connectivity index (χ0v) is 17.4. The van der Waals surface area contributed by atoms with Crippen LogP contribution in [0.4, 0.5) is 0 Å². The molecule has 0 spiro atoms. The molecule has 0 radical (unpaired) electrons. The summed E-state index contributed by atoms with van der Waals surface area (Å²) in [5.74, 6) is 0. The summed E-state index contributed by atoms with van der Waals surface area (Å²) in [5, 5.41) is 2.56. The summed E-state index contributed by atoms with van der Waals surface area (Å²) in [7, 11) is -2.48. The van der Waals surface area contributed by atoms with E-state index in [-0.39, 0.29) is 5.04 Å². The van der Waals surface area contributed by atoms with Gasteiger partial charge in [-0.3, -0.25) is 0 Å². The van der Waals surface area contributed by atoms with Crippen molar-refractivity contribution in [1.29, 1.82) is 0 Å². The van der Waals surface area contributed by atoms with E-state index in [4.69, 9.17) is 8.84 Å². The number of benzene rings is 2. The summed E-state index contributed by atoms with van der Waals surface area (Å²) in [6, 6.07) is 23.3. The smallest absolute Gasteiger partial charge is 0.261 e. The first kappa shape index (κ1) is 18.2. The van der Waals surface area contributed by atoms with Gasteiger partial charge in [0.2, 0.25) is 0 Å². The number of halogens is 1. The van der Waals surface area contributed by atoms with Crippen molar-refractivity contribution in [3.8, 4) is 0 Å². The maximum atomic E-state index is 6.82. The number of rotatable bonds is 5. The van der Waals surface area contributed by atoms with Crippen LogP contribution in [0, 0.1) is 0 Å². The Kier molecular flexibility index (Phi) is 5.32. The molecule has 0 saturated carbocycles. The highest BCUT2D eigenvalue weighted by Crippen LogP contribution is 2.37. The Bertz CT molecular complexity index is 767. The van der Waals surface area contributed by atoms with Crippen molar-refractivity contribution in [2.24, 2.45) is 0 Å². The van der Waals surface area contributed by atoms with Crippen LogP contribution < -0.4 is 10.4 Å². The van der Waals surface area contributed by atoms with Crippen molar-refractivity contribution in [1.82, 2.24) is 0 Å². The van der Waals surface area contributed by atoms with E-state index in [2.05, 4.69) is 97.4 Å². The fraction of sp³-hybridized carbons (Fsp3) is 0.238. The molecule has 3 rings (SSSR count). The second-order valence-electron chi connectivity index (χ2n) is 7.21. The number of hydrogen-bond donors (Lipinski definition) is 0. The van der Waals surface area contributed by atoms with Crippen molar-refractivity contribution in [2.45, 2.75) is 32.4 Å². The predicted molar refractivity (Wildman–Crippen MR) is 109 cm³/mol. The average molecular weight is 415 g/mol. The second kappa shape index (κ2) is 7.32. The number of hydrogen-bond acceptors (Lipinski definition) is 2. The molecule has 25 heavy (non-hydrogen) atoms. The molecule has 0 bridgehead atoms. The Morgan fingerprint density at radius 1 is 0.920 bits per heavy atom. The van der Waals surface area contributed by atoms with Crippen molar-refractivity contribution in [3.05, 3.63) is 83.2 Å². The highest BCUT2D eigenvalue weighted by molar-refractivity contribution is 9.10. The van der Waals surface area contributed by atoms with E-state index >= 15 is 0 Å². The minimum Gasteiger partial charge on any atom is -0.457 e. The molecular formula is C21H23BrO2Si. The van der Waals surface area contributed by atoms with Crippen molar-refractivity contribution in [3.63, 3.8) is 0 Å². The molecule has 0 N–H and O–H groups in total. The molecule has 4 heteroatoms. The van der Waals surface area contributed by atoms with E-state index in [1.807, 2.05) is 6.07 Å². The summed E-state index contributed by atoms with van der Waals surface area (Å²) < 4.78 is 12.9. The minimum absolute atomic E-state index is 0.0172. The molecular weight excluding hydrogens is 392 g/mol.